The summed E-state index contributed by atoms with van der Waals surface area (Å²) in [6.07, 6.45) is 1.96. The number of nitrogens with zero attached hydrogens (tertiary/aromatic N) is 1. The van der Waals surface area contributed by atoms with Crippen molar-refractivity contribution in [2.24, 2.45) is 5.92 Å². The van der Waals surface area contributed by atoms with Gasteiger partial charge in [0.15, 0.2) is 11.5 Å². The Kier molecular flexibility index (Phi) is 4.73. The summed E-state index contributed by atoms with van der Waals surface area (Å²) < 4.78 is 38.4. The number of amides is 1. The van der Waals surface area contributed by atoms with Crippen LogP contribution in [0.5, 0.6) is 11.5 Å². The molecular weight excluding hydrogens is 388 g/mol. The van der Waals surface area contributed by atoms with Crippen molar-refractivity contribution in [2.45, 2.75) is 24.0 Å². The van der Waals surface area contributed by atoms with Gasteiger partial charge in [-0.3, -0.25) is 9.52 Å². The average Bonchev–Trinajstić information content (AvgIpc) is 3.31. The lowest BCUT2D eigenvalue weighted by atomic mass is 9.99. The number of piperidine rings is 1. The highest BCUT2D eigenvalue weighted by Crippen LogP contribution is 2.35. The number of thiophene rings is 1. The third kappa shape index (κ3) is 3.74. The number of carbonyl (C=O) groups excluding carboxylic acids is 1. The quantitative estimate of drug-likeness (QED) is 0.840. The molecule has 2 aliphatic heterocycles. The van der Waals surface area contributed by atoms with Crippen molar-refractivity contribution in [3.8, 4) is 11.5 Å². The SMILES string of the molecule is CC1CCN(C(=O)c2csc(S(=O)(=O)Nc3ccc4c(c3)OCO4)c2)CC1. The monoisotopic (exact) mass is 408 g/mol. The number of benzene rings is 1. The van der Waals surface area contributed by atoms with Crippen LogP contribution in [0.2, 0.25) is 0 Å². The molecule has 1 aromatic heterocycles. The van der Waals surface area contributed by atoms with E-state index in [9.17, 15) is 13.2 Å². The predicted octanol–water partition coefficient (Wildman–Crippen LogP) is 3.15. The summed E-state index contributed by atoms with van der Waals surface area (Å²) in [5.41, 5.74) is 0.797. The second kappa shape index (κ2) is 7.05. The van der Waals surface area contributed by atoms with Crippen LogP contribution in [0.25, 0.3) is 0 Å². The molecule has 0 aliphatic carbocycles. The summed E-state index contributed by atoms with van der Waals surface area (Å²) in [4.78, 5) is 14.4. The number of nitrogens with one attached hydrogen (secondary N) is 1. The second-order valence-electron chi connectivity index (χ2n) is 6.80. The van der Waals surface area contributed by atoms with Gasteiger partial charge >= 0.3 is 0 Å². The maximum absolute atomic E-state index is 12.7. The first-order chi connectivity index (χ1) is 12.9. The number of fused-ring (bicyclic) bond motifs is 1. The van der Waals surface area contributed by atoms with Crippen molar-refractivity contribution in [3.05, 3.63) is 35.2 Å². The first kappa shape index (κ1) is 18.1. The van der Waals surface area contributed by atoms with E-state index >= 15 is 0 Å². The zero-order valence-corrected chi connectivity index (χ0v) is 16.4. The number of likely N-dealkylation sites (tertiary alicyclic amines) is 1. The van der Waals surface area contributed by atoms with Crippen molar-refractivity contribution in [3.63, 3.8) is 0 Å². The molecule has 2 aromatic rings. The number of carbonyl (C=O) groups is 1. The maximum Gasteiger partial charge on any atom is 0.271 e. The van der Waals surface area contributed by atoms with E-state index in [1.807, 2.05) is 0 Å². The molecule has 1 fully saturated rings. The summed E-state index contributed by atoms with van der Waals surface area (Å²) in [5, 5.41) is 1.61. The van der Waals surface area contributed by atoms with Gasteiger partial charge in [-0.2, -0.15) is 0 Å². The molecular formula is C18H20N2O5S2. The van der Waals surface area contributed by atoms with Gasteiger partial charge in [-0.15, -0.1) is 11.3 Å². The van der Waals surface area contributed by atoms with Crippen LogP contribution >= 0.6 is 11.3 Å². The molecule has 1 amide bonds. The molecule has 3 heterocycles. The lowest BCUT2D eigenvalue weighted by molar-refractivity contribution is 0.0697. The molecule has 1 N–H and O–H groups in total. The lowest BCUT2D eigenvalue weighted by Gasteiger charge is -2.30. The Bertz CT molecular complexity index is 962. The van der Waals surface area contributed by atoms with E-state index in [0.717, 1.165) is 24.2 Å². The molecule has 0 atom stereocenters. The molecule has 1 aromatic carbocycles. The topological polar surface area (TPSA) is 84.9 Å². The minimum atomic E-state index is -3.78. The van der Waals surface area contributed by atoms with Crippen molar-refractivity contribution in [1.82, 2.24) is 4.90 Å². The molecule has 27 heavy (non-hydrogen) atoms. The molecule has 1 saturated heterocycles. The summed E-state index contributed by atoms with van der Waals surface area (Å²) in [6, 6.07) is 6.29. The molecule has 144 valence electrons. The highest BCUT2D eigenvalue weighted by Gasteiger charge is 2.25. The van der Waals surface area contributed by atoms with Crippen LogP contribution in [0.1, 0.15) is 30.1 Å². The summed E-state index contributed by atoms with van der Waals surface area (Å²) >= 11 is 1.04. The Hall–Kier alpha value is -2.26. The van der Waals surface area contributed by atoms with Crippen LogP contribution in [0.3, 0.4) is 0 Å². The molecule has 0 bridgehead atoms. The second-order valence-corrected chi connectivity index (χ2v) is 9.62. The number of hydrogen-bond donors (Lipinski definition) is 1. The Morgan fingerprint density at radius 3 is 2.70 bits per heavy atom. The Balaban J connectivity index is 1.49. The normalized spacial score (nSPS) is 17.1. The average molecular weight is 409 g/mol. The molecule has 7 nitrogen and oxygen atoms in total. The van der Waals surface area contributed by atoms with E-state index in [1.165, 1.54) is 6.07 Å². The van der Waals surface area contributed by atoms with Crippen molar-refractivity contribution in [1.29, 1.82) is 0 Å². The number of ether oxygens (including phenoxy) is 2. The first-order valence-electron chi connectivity index (χ1n) is 8.73. The van der Waals surface area contributed by atoms with E-state index in [2.05, 4.69) is 11.6 Å². The van der Waals surface area contributed by atoms with E-state index < -0.39 is 10.0 Å². The lowest BCUT2D eigenvalue weighted by Crippen LogP contribution is -2.37. The van der Waals surface area contributed by atoms with Gasteiger partial charge in [-0.05, 0) is 37.0 Å². The molecule has 0 spiro atoms. The predicted molar refractivity (Wildman–Crippen MR) is 102 cm³/mol. The zero-order chi connectivity index (χ0) is 19.0. The smallest absolute Gasteiger partial charge is 0.271 e. The van der Waals surface area contributed by atoms with Gasteiger partial charge in [-0.25, -0.2) is 8.42 Å². The van der Waals surface area contributed by atoms with E-state index in [4.69, 9.17) is 9.47 Å². The van der Waals surface area contributed by atoms with Gasteiger partial charge in [-0.1, -0.05) is 6.92 Å². The van der Waals surface area contributed by atoms with Crippen LogP contribution in [0, 0.1) is 5.92 Å². The third-order valence-electron chi connectivity index (χ3n) is 4.78. The van der Waals surface area contributed by atoms with Crippen molar-refractivity contribution >= 4 is 33.0 Å². The fraction of sp³-hybridized carbons (Fsp3) is 0.389. The van der Waals surface area contributed by atoms with Gasteiger partial charge in [0.25, 0.3) is 15.9 Å². The van der Waals surface area contributed by atoms with Crippen LogP contribution in [-0.2, 0) is 10.0 Å². The van der Waals surface area contributed by atoms with Crippen LogP contribution in [0.4, 0.5) is 5.69 Å². The summed E-state index contributed by atoms with van der Waals surface area (Å²) in [7, 11) is -3.78. The molecule has 2 aliphatic rings. The van der Waals surface area contributed by atoms with Gasteiger partial charge in [0.1, 0.15) is 4.21 Å². The molecule has 4 rings (SSSR count). The van der Waals surface area contributed by atoms with Crippen LogP contribution < -0.4 is 14.2 Å². The number of sulfonamides is 1. The van der Waals surface area contributed by atoms with Crippen LogP contribution in [-0.4, -0.2) is 39.1 Å². The third-order valence-corrected chi connectivity index (χ3v) is 7.60. The highest BCUT2D eigenvalue weighted by atomic mass is 32.2. The first-order valence-corrected chi connectivity index (χ1v) is 11.1. The van der Waals surface area contributed by atoms with Gasteiger partial charge in [0.2, 0.25) is 6.79 Å². The van der Waals surface area contributed by atoms with E-state index in [0.29, 0.717) is 41.8 Å². The number of rotatable bonds is 4. The van der Waals surface area contributed by atoms with Gasteiger partial charge in [0, 0.05) is 24.5 Å². The fourth-order valence-electron chi connectivity index (χ4n) is 3.13. The van der Waals surface area contributed by atoms with E-state index in [-0.39, 0.29) is 16.9 Å². The molecule has 0 radical (unpaired) electrons. The largest absolute Gasteiger partial charge is 0.454 e. The fourth-order valence-corrected chi connectivity index (χ4v) is 5.33. The maximum atomic E-state index is 12.7. The highest BCUT2D eigenvalue weighted by molar-refractivity contribution is 7.94. The van der Waals surface area contributed by atoms with Crippen LogP contribution in [0.15, 0.2) is 33.9 Å². The van der Waals surface area contributed by atoms with Crippen molar-refractivity contribution < 1.29 is 22.7 Å². The molecule has 0 saturated carbocycles. The number of anilines is 1. The molecule has 9 heteroatoms. The van der Waals surface area contributed by atoms with Gasteiger partial charge in [0.05, 0.1) is 11.3 Å². The Morgan fingerprint density at radius 2 is 1.93 bits per heavy atom. The minimum absolute atomic E-state index is 0.105. The Labute approximate surface area is 161 Å². The minimum Gasteiger partial charge on any atom is -0.454 e. The molecule has 0 unspecified atom stereocenters. The Morgan fingerprint density at radius 1 is 1.19 bits per heavy atom. The van der Waals surface area contributed by atoms with Crippen molar-refractivity contribution in [2.75, 3.05) is 24.6 Å². The summed E-state index contributed by atoms with van der Waals surface area (Å²) in [6.45, 7) is 3.73. The number of hydrogen-bond acceptors (Lipinski definition) is 6. The van der Waals surface area contributed by atoms with E-state index in [1.54, 1.807) is 28.5 Å². The summed E-state index contributed by atoms with van der Waals surface area (Å²) in [5.74, 6) is 1.59. The van der Waals surface area contributed by atoms with Gasteiger partial charge < -0.3 is 14.4 Å². The standard InChI is InChI=1S/C18H20N2O5S2/c1-12-4-6-20(7-5-12)18(21)13-8-17(26-10-13)27(22,23)19-14-2-3-15-16(9-14)25-11-24-15/h2-3,8-10,12,19H,4-7,11H2,1H3. The zero-order valence-electron chi connectivity index (χ0n) is 14.8.